The molecule has 0 bridgehead atoms. The van der Waals surface area contributed by atoms with E-state index in [0.29, 0.717) is 54.1 Å². The van der Waals surface area contributed by atoms with Crippen LogP contribution in [0.4, 0.5) is 5.82 Å². The molecule has 1 aromatic carbocycles. The topological polar surface area (TPSA) is 218 Å². The molecule has 0 amide bonds. The van der Waals surface area contributed by atoms with E-state index in [1.54, 1.807) is 29.0 Å². The maximum absolute atomic E-state index is 12.6. The van der Waals surface area contributed by atoms with Gasteiger partial charge in [0.25, 0.3) is 5.88 Å². The van der Waals surface area contributed by atoms with Crippen LogP contribution in [-0.2, 0) is 27.2 Å². The third kappa shape index (κ3) is 13.4. The molecule has 18 nitrogen and oxygen atoms in total. The molecule has 0 aliphatic carbocycles. The Bertz CT molecular complexity index is 2840. The van der Waals surface area contributed by atoms with E-state index in [1.807, 2.05) is 35.1 Å². The highest BCUT2D eigenvalue weighted by Crippen LogP contribution is 2.45. The summed E-state index contributed by atoms with van der Waals surface area (Å²) in [6.07, 6.45) is 5.04. The largest absolute Gasteiger partial charge is 0.437 e. The van der Waals surface area contributed by atoms with Gasteiger partial charge in [-0.1, -0.05) is 83.1 Å². The Hall–Kier alpha value is -3.50. The van der Waals surface area contributed by atoms with Gasteiger partial charge in [0.1, 0.15) is 47.4 Å². The first kappa shape index (κ1) is 59.7. The molecule has 7 rings (SSSR count). The van der Waals surface area contributed by atoms with E-state index in [9.17, 15) is 9.59 Å². The quantitative estimate of drug-likeness (QED) is 0.0656. The number of imidazole rings is 2. The molecule has 74 heavy (non-hydrogen) atoms. The summed E-state index contributed by atoms with van der Waals surface area (Å²) in [6.45, 7) is 45.7. The van der Waals surface area contributed by atoms with E-state index in [4.69, 9.17) is 37.6 Å². The molecule has 0 spiro atoms. The summed E-state index contributed by atoms with van der Waals surface area (Å²) in [5, 5.41) is 0.305. The van der Waals surface area contributed by atoms with Crippen molar-refractivity contribution >= 4 is 73.2 Å². The number of nitrogens with zero attached hydrogens (tertiary/aromatic N) is 6. The van der Waals surface area contributed by atoms with Crippen molar-refractivity contribution in [2.45, 2.75) is 210 Å². The zero-order chi connectivity index (χ0) is 55.4. The summed E-state index contributed by atoms with van der Waals surface area (Å²) >= 11 is 1.65. The summed E-state index contributed by atoms with van der Waals surface area (Å²) in [5.74, 6) is 0.942. The van der Waals surface area contributed by atoms with E-state index >= 15 is 0 Å². The van der Waals surface area contributed by atoms with Crippen LogP contribution in [0.5, 0.6) is 11.6 Å². The maximum Gasteiger partial charge on any atom is 0.349 e. The Morgan fingerprint density at radius 2 is 1.07 bits per heavy atom. The Kier molecular flexibility index (Phi) is 17.5. The third-order valence-corrected chi connectivity index (χ3v) is 35.2. The van der Waals surface area contributed by atoms with E-state index in [0.717, 1.165) is 4.90 Å². The minimum atomic E-state index is -2.10. The monoisotopic (exact) mass is 1110 g/mol. The molecule has 0 saturated carbocycles. The molecule has 2 saturated heterocycles. The Morgan fingerprint density at radius 3 is 1.53 bits per heavy atom. The fraction of sp³-hybridized carbons (Fsp3) is 0.686. The number of fused-ring (bicyclic) bond motifs is 2. The number of aromatic nitrogens is 8. The number of benzene rings is 1. The van der Waals surface area contributed by atoms with Crippen molar-refractivity contribution < 1.29 is 31.9 Å². The van der Waals surface area contributed by atoms with Gasteiger partial charge in [0.2, 0.25) is 0 Å². The van der Waals surface area contributed by atoms with Crippen LogP contribution in [0, 0.1) is 0 Å². The molecule has 2 aliphatic heterocycles. The van der Waals surface area contributed by atoms with Gasteiger partial charge in [-0.05, 0) is 103 Å². The molecule has 6 heterocycles. The van der Waals surface area contributed by atoms with Crippen molar-refractivity contribution in [1.29, 1.82) is 0 Å². The molecular weight excluding hydrogens is 1030 g/mol. The molecule has 4 aromatic heterocycles. The third-order valence-electron chi connectivity index (χ3n) is 16.5. The van der Waals surface area contributed by atoms with Crippen molar-refractivity contribution in [2.24, 2.45) is 0 Å². The predicted molar refractivity (Wildman–Crippen MR) is 306 cm³/mol. The molecule has 23 heteroatoms. The zero-order valence-electron chi connectivity index (χ0n) is 48.1. The minimum Gasteiger partial charge on any atom is -0.437 e. The van der Waals surface area contributed by atoms with Gasteiger partial charge in [-0.15, -0.1) is 11.8 Å². The lowest BCUT2D eigenvalue weighted by atomic mass is 10.2. The lowest BCUT2D eigenvalue weighted by Crippen LogP contribution is -2.48. The first-order chi connectivity index (χ1) is 33.8. The molecule has 6 unspecified atom stereocenters. The normalized spacial score (nSPS) is 21.6. The van der Waals surface area contributed by atoms with E-state index in [-0.39, 0.29) is 62.5 Å². The number of hydrogen-bond acceptors (Lipinski definition) is 15. The SMILES string of the molecule is CC(C)(C)[Si](C)(C)OCC1OC(n2cnc3c(N)[nH]c(=O)nc32)CC1O[Si](C)(C)C(C)(C)C.CSc1ccc(Oc2nc(=O)[nH]c3c2ncn3C2CC(O[Si](C)(C)C(C)(C)C)C(CO[Si](C)(C)C(C)(C)C)O2)cc1. The first-order valence-corrected chi connectivity index (χ1v) is 38.7. The summed E-state index contributed by atoms with van der Waals surface area (Å²) < 4.78 is 49.7. The van der Waals surface area contributed by atoms with E-state index < -0.39 is 50.9 Å². The second-order valence-electron chi connectivity index (χ2n) is 26.0. The molecular formula is C51H87N9O9SSi4. The number of hydrogen-bond donors (Lipinski definition) is 3. The Morgan fingerprint density at radius 1 is 0.635 bits per heavy atom. The lowest BCUT2D eigenvalue weighted by molar-refractivity contribution is -0.0383. The second-order valence-corrected chi connectivity index (χ2v) is 46.0. The predicted octanol–water partition coefficient (Wildman–Crippen LogP) is 11.7. The van der Waals surface area contributed by atoms with Crippen LogP contribution < -0.4 is 21.9 Å². The van der Waals surface area contributed by atoms with Crippen molar-refractivity contribution in [3.05, 3.63) is 57.9 Å². The smallest absolute Gasteiger partial charge is 0.349 e. The van der Waals surface area contributed by atoms with Gasteiger partial charge in [0.15, 0.2) is 44.4 Å². The van der Waals surface area contributed by atoms with Crippen molar-refractivity contribution in [3.63, 3.8) is 0 Å². The number of ether oxygens (including phenoxy) is 3. The van der Waals surface area contributed by atoms with Crippen molar-refractivity contribution in [3.8, 4) is 11.6 Å². The fourth-order valence-electron chi connectivity index (χ4n) is 7.54. The first-order valence-electron chi connectivity index (χ1n) is 25.8. The van der Waals surface area contributed by atoms with E-state index in [1.165, 1.54) is 0 Å². The second kappa shape index (κ2) is 21.7. The lowest BCUT2D eigenvalue weighted by Gasteiger charge is -2.40. The Balaban J connectivity index is 0.000000247. The zero-order valence-corrected chi connectivity index (χ0v) is 52.9. The number of nitrogens with two attached hydrogens (primary N) is 1. The van der Waals surface area contributed by atoms with Crippen LogP contribution >= 0.6 is 11.8 Å². The number of aromatic amines is 2. The van der Waals surface area contributed by atoms with Gasteiger partial charge in [-0.25, -0.2) is 19.6 Å². The summed E-state index contributed by atoms with van der Waals surface area (Å²) in [7, 11) is -8.11. The van der Waals surface area contributed by atoms with Gasteiger partial charge in [-0.3, -0.25) is 19.1 Å². The number of thioether (sulfide) groups is 1. The van der Waals surface area contributed by atoms with Gasteiger partial charge in [-0.2, -0.15) is 9.97 Å². The Labute approximate surface area is 446 Å². The maximum atomic E-state index is 12.6. The summed E-state index contributed by atoms with van der Waals surface area (Å²) in [5.41, 5.74) is 6.76. The van der Waals surface area contributed by atoms with Crippen LogP contribution in [0.15, 0.2) is 51.4 Å². The highest BCUT2D eigenvalue weighted by molar-refractivity contribution is 7.98. The van der Waals surface area contributed by atoms with Gasteiger partial charge in [0, 0.05) is 17.7 Å². The number of rotatable bonds is 15. The highest BCUT2D eigenvalue weighted by atomic mass is 32.2. The van der Waals surface area contributed by atoms with Crippen molar-refractivity contribution in [1.82, 2.24) is 39.0 Å². The number of nitrogen functional groups attached to an aromatic ring is 1. The fourth-order valence-corrected chi connectivity index (χ4v) is 12.7. The molecule has 0 radical (unpaired) electrons. The summed E-state index contributed by atoms with van der Waals surface area (Å²) in [6, 6.07) is 7.63. The number of anilines is 1. The number of H-pyrrole nitrogens is 2. The molecule has 2 aliphatic rings. The van der Waals surface area contributed by atoms with Gasteiger partial charge < -0.3 is 37.6 Å². The molecule has 5 aromatic rings. The molecule has 4 N–H and O–H groups in total. The van der Waals surface area contributed by atoms with Crippen LogP contribution in [0.2, 0.25) is 72.5 Å². The van der Waals surface area contributed by atoms with Crippen LogP contribution in [0.3, 0.4) is 0 Å². The van der Waals surface area contributed by atoms with Gasteiger partial charge in [0.05, 0.1) is 38.1 Å². The average Bonchev–Trinajstić information content (AvgIpc) is 4.06. The number of nitrogens with one attached hydrogen (secondary N) is 2. The van der Waals surface area contributed by atoms with Crippen LogP contribution in [-0.4, -0.2) is 116 Å². The van der Waals surface area contributed by atoms with Gasteiger partial charge >= 0.3 is 11.4 Å². The average molecular weight is 1110 g/mol. The van der Waals surface area contributed by atoms with Crippen LogP contribution in [0.1, 0.15) is 108 Å². The summed E-state index contributed by atoms with van der Waals surface area (Å²) in [4.78, 5) is 48.1. The minimum absolute atomic E-state index is 0.0504. The standard InChI is InChI=1S/C29H46N4O5SSi2.C22H41N5O4Si2/c1-28(2,3)40(8,9)35-17-22-21(38-41(10,11)29(4,5)6)16-23(37-22)33-18-30-24-25(33)31-27(34)32-26(24)36-19-12-14-20(39-7)15-13-19;1-21(2,3)32(7,8)29-12-15-14(31-33(9,10)22(4,5)6)11-16(30-15)27-13-24-17-18(23)25-20(28)26-19(17)27/h12-15,18,21-23H,16-17H2,1-11H3,(H,31,32,34);13-16H,11-12H2,1-10H3,(H3,23,25,26,28). The van der Waals surface area contributed by atoms with E-state index in [2.05, 4.69) is 165 Å². The molecule has 412 valence electrons. The molecule has 2 fully saturated rings. The van der Waals surface area contributed by atoms with Crippen molar-refractivity contribution in [2.75, 3.05) is 25.2 Å². The molecule has 6 atom stereocenters. The highest BCUT2D eigenvalue weighted by Gasteiger charge is 2.49. The van der Waals surface area contributed by atoms with Crippen LogP contribution in [0.25, 0.3) is 22.3 Å².